The van der Waals surface area contributed by atoms with Crippen LogP contribution >= 0.6 is 0 Å². The van der Waals surface area contributed by atoms with E-state index in [2.05, 4.69) is 4.90 Å². The van der Waals surface area contributed by atoms with Crippen LogP contribution in [0.1, 0.15) is 0 Å². The van der Waals surface area contributed by atoms with Crippen LogP contribution in [-0.4, -0.2) is 46.5 Å². The minimum atomic E-state index is -2.72. The van der Waals surface area contributed by atoms with Crippen LogP contribution in [0.4, 0.5) is 10.1 Å². The molecule has 1 fully saturated rings. The highest BCUT2D eigenvalue weighted by atomic mass is 32.2. The van der Waals surface area contributed by atoms with Crippen LogP contribution in [-0.2, 0) is 10.7 Å². The zero-order valence-electron chi connectivity index (χ0n) is 9.60. The quantitative estimate of drug-likeness (QED) is 0.786. The molecule has 1 saturated heterocycles. The Balaban J connectivity index is 2.22. The number of halogens is 1. The number of rotatable bonds is 2. The summed E-state index contributed by atoms with van der Waals surface area (Å²) >= 11 is 0. The minimum absolute atomic E-state index is 0.0235. The van der Waals surface area contributed by atoms with Gasteiger partial charge < -0.3 is 9.80 Å². The molecule has 0 aliphatic carbocycles. The SMILES string of the molecule is CN1CCN(c2ccc([SH](=O)=O)cc2F)CC1. The molecule has 1 aliphatic heterocycles. The highest BCUT2D eigenvalue weighted by molar-refractivity contribution is 7.72. The normalized spacial score (nSPS) is 17.7. The number of thiol groups is 1. The Morgan fingerprint density at radius 1 is 1.18 bits per heavy atom. The Kier molecular flexibility index (Phi) is 3.63. The highest BCUT2D eigenvalue weighted by Gasteiger charge is 2.17. The lowest BCUT2D eigenvalue weighted by Crippen LogP contribution is -2.44. The van der Waals surface area contributed by atoms with Gasteiger partial charge in [0.25, 0.3) is 0 Å². The zero-order valence-corrected chi connectivity index (χ0v) is 10.5. The Bertz CT molecular complexity index is 474. The molecule has 1 aromatic rings. The molecule has 94 valence electrons. The van der Waals surface area contributed by atoms with Gasteiger partial charge in [0.15, 0.2) is 10.7 Å². The largest absolute Gasteiger partial charge is 0.367 e. The van der Waals surface area contributed by atoms with Crippen molar-refractivity contribution in [3.63, 3.8) is 0 Å². The van der Waals surface area contributed by atoms with Crippen LogP contribution < -0.4 is 4.90 Å². The summed E-state index contributed by atoms with van der Waals surface area (Å²) in [5, 5.41) is 0. The van der Waals surface area contributed by atoms with Gasteiger partial charge in [-0.1, -0.05) is 0 Å². The summed E-state index contributed by atoms with van der Waals surface area (Å²) in [6, 6.07) is 4.07. The molecule has 6 heteroatoms. The Hall–Kier alpha value is -1.14. The van der Waals surface area contributed by atoms with Crippen molar-refractivity contribution in [3.05, 3.63) is 24.0 Å². The summed E-state index contributed by atoms with van der Waals surface area (Å²) in [6.07, 6.45) is 0. The van der Waals surface area contributed by atoms with Gasteiger partial charge in [-0.2, -0.15) is 0 Å². The molecule has 0 spiro atoms. The van der Waals surface area contributed by atoms with E-state index >= 15 is 0 Å². The second kappa shape index (κ2) is 5.01. The summed E-state index contributed by atoms with van der Waals surface area (Å²) in [7, 11) is -0.689. The van der Waals surface area contributed by atoms with Gasteiger partial charge in [0, 0.05) is 26.2 Å². The maximum Gasteiger partial charge on any atom is 0.168 e. The van der Waals surface area contributed by atoms with Crippen molar-refractivity contribution in [2.75, 3.05) is 38.1 Å². The van der Waals surface area contributed by atoms with E-state index < -0.39 is 16.5 Å². The Morgan fingerprint density at radius 2 is 1.82 bits per heavy atom. The van der Waals surface area contributed by atoms with Gasteiger partial charge in [-0.15, -0.1) is 0 Å². The summed E-state index contributed by atoms with van der Waals surface area (Å²) in [4.78, 5) is 4.14. The van der Waals surface area contributed by atoms with Crippen molar-refractivity contribution < 1.29 is 12.8 Å². The Labute approximate surface area is 102 Å². The van der Waals surface area contributed by atoms with E-state index in [1.807, 2.05) is 11.9 Å². The van der Waals surface area contributed by atoms with E-state index in [9.17, 15) is 12.8 Å². The van der Waals surface area contributed by atoms with E-state index in [-0.39, 0.29) is 4.90 Å². The average Bonchev–Trinajstić information content (AvgIpc) is 2.30. The second-order valence-electron chi connectivity index (χ2n) is 4.18. The van der Waals surface area contributed by atoms with Gasteiger partial charge in [-0.3, -0.25) is 0 Å². The first kappa shape index (κ1) is 12.3. The first-order valence-electron chi connectivity index (χ1n) is 5.45. The van der Waals surface area contributed by atoms with Crippen molar-refractivity contribution in [3.8, 4) is 0 Å². The summed E-state index contributed by atoms with van der Waals surface area (Å²) in [5.41, 5.74) is 0.485. The van der Waals surface area contributed by atoms with Crippen LogP contribution in [0.25, 0.3) is 0 Å². The summed E-state index contributed by atoms with van der Waals surface area (Å²) < 4.78 is 35.2. The monoisotopic (exact) mass is 258 g/mol. The standard InChI is InChI=1S/C11H15FN2O2S/c1-13-4-6-14(7-5-13)11-3-2-9(17(15)16)8-10(11)12/h2-3,8,17H,4-7H2,1H3. The van der Waals surface area contributed by atoms with Crippen LogP contribution in [0, 0.1) is 5.82 Å². The summed E-state index contributed by atoms with van der Waals surface area (Å²) in [6.45, 7) is 3.29. The fraction of sp³-hybridized carbons (Fsp3) is 0.455. The first-order chi connectivity index (χ1) is 8.08. The number of hydrogen-bond donors (Lipinski definition) is 1. The maximum absolute atomic E-state index is 13.8. The molecule has 0 N–H and O–H groups in total. The molecule has 4 nitrogen and oxygen atoms in total. The second-order valence-corrected chi connectivity index (χ2v) is 5.21. The fourth-order valence-electron chi connectivity index (χ4n) is 1.91. The minimum Gasteiger partial charge on any atom is -0.367 e. The predicted molar refractivity (Wildman–Crippen MR) is 64.7 cm³/mol. The molecular weight excluding hydrogens is 243 g/mol. The molecule has 2 rings (SSSR count). The van der Waals surface area contributed by atoms with Crippen LogP contribution in [0.15, 0.2) is 23.1 Å². The maximum atomic E-state index is 13.8. The lowest BCUT2D eigenvalue weighted by molar-refractivity contribution is 0.311. The molecular formula is C11H15FN2O2S. The van der Waals surface area contributed by atoms with E-state index in [0.29, 0.717) is 5.69 Å². The van der Waals surface area contributed by atoms with Gasteiger partial charge in [-0.05, 0) is 25.2 Å². The van der Waals surface area contributed by atoms with E-state index in [1.165, 1.54) is 6.07 Å². The topological polar surface area (TPSA) is 40.6 Å². The smallest absolute Gasteiger partial charge is 0.168 e. The lowest BCUT2D eigenvalue weighted by Gasteiger charge is -2.34. The average molecular weight is 258 g/mol. The number of likely N-dealkylation sites (N-methyl/N-ethyl adjacent to an activating group) is 1. The molecule has 1 heterocycles. The third-order valence-corrected chi connectivity index (χ3v) is 3.69. The van der Waals surface area contributed by atoms with E-state index in [4.69, 9.17) is 0 Å². The molecule has 0 saturated carbocycles. The van der Waals surface area contributed by atoms with Gasteiger partial charge in [0.05, 0.1) is 10.6 Å². The van der Waals surface area contributed by atoms with Crippen molar-refractivity contribution in [2.45, 2.75) is 4.90 Å². The number of anilines is 1. The number of piperazine rings is 1. The fourth-order valence-corrected chi connectivity index (χ4v) is 2.33. The molecule has 0 atom stereocenters. The highest BCUT2D eigenvalue weighted by Crippen LogP contribution is 2.22. The Morgan fingerprint density at radius 3 is 2.35 bits per heavy atom. The lowest BCUT2D eigenvalue weighted by atomic mass is 10.2. The third kappa shape index (κ3) is 2.76. The van der Waals surface area contributed by atoms with Crippen LogP contribution in [0.3, 0.4) is 0 Å². The van der Waals surface area contributed by atoms with E-state index in [0.717, 1.165) is 32.2 Å². The van der Waals surface area contributed by atoms with Gasteiger partial charge >= 0.3 is 0 Å². The molecule has 17 heavy (non-hydrogen) atoms. The number of nitrogens with zero attached hydrogens (tertiary/aromatic N) is 2. The van der Waals surface area contributed by atoms with Crippen molar-refractivity contribution in [1.82, 2.24) is 4.90 Å². The van der Waals surface area contributed by atoms with Crippen molar-refractivity contribution in [1.29, 1.82) is 0 Å². The zero-order chi connectivity index (χ0) is 12.4. The molecule has 0 radical (unpaired) electrons. The third-order valence-electron chi connectivity index (χ3n) is 2.99. The first-order valence-corrected chi connectivity index (χ1v) is 6.63. The molecule has 0 unspecified atom stereocenters. The van der Waals surface area contributed by atoms with Crippen LogP contribution in [0.5, 0.6) is 0 Å². The van der Waals surface area contributed by atoms with Crippen molar-refractivity contribution >= 4 is 16.4 Å². The van der Waals surface area contributed by atoms with Crippen molar-refractivity contribution in [2.24, 2.45) is 0 Å². The molecule has 0 aromatic heterocycles. The number of hydrogen-bond acceptors (Lipinski definition) is 4. The van der Waals surface area contributed by atoms with Gasteiger partial charge in [0.2, 0.25) is 0 Å². The van der Waals surface area contributed by atoms with Crippen LogP contribution in [0.2, 0.25) is 0 Å². The number of benzene rings is 1. The van der Waals surface area contributed by atoms with E-state index in [1.54, 1.807) is 6.07 Å². The summed E-state index contributed by atoms with van der Waals surface area (Å²) in [5.74, 6) is -0.466. The predicted octanol–water partition coefficient (Wildman–Crippen LogP) is 0.548. The molecule has 1 aromatic carbocycles. The van der Waals surface area contributed by atoms with Gasteiger partial charge in [-0.25, -0.2) is 12.8 Å². The van der Waals surface area contributed by atoms with Gasteiger partial charge in [0.1, 0.15) is 5.82 Å². The molecule has 1 aliphatic rings. The molecule has 0 amide bonds. The molecule has 0 bridgehead atoms.